The number of carbonyl (C=O) groups is 1. The molecule has 2 heteroatoms. The second-order valence-corrected chi connectivity index (χ2v) is 6.69. The van der Waals surface area contributed by atoms with Crippen molar-refractivity contribution in [1.29, 1.82) is 0 Å². The summed E-state index contributed by atoms with van der Waals surface area (Å²) >= 11 is 0. The molecule has 0 aliphatic heterocycles. The largest absolute Gasteiger partial charge is 0.478 e. The standard InChI is InChI=1S/C20H28O2/c1-15(8-6-9-16(2)14-19(21)22)11-12-18-17(3)10-7-13-20(18,4)5/h6,8-9,11-12,14H,7,10,13H2,1-5H3,(H,21,22)/b9-6+,12-11+,15-8-,16-14-/i6T. The second-order valence-electron chi connectivity index (χ2n) is 6.69. The first-order chi connectivity index (χ1) is 10.6. The first-order valence-corrected chi connectivity index (χ1v) is 7.78. The van der Waals surface area contributed by atoms with Crippen LogP contribution in [0.25, 0.3) is 0 Å². The zero-order valence-electron chi connectivity index (χ0n) is 15.4. The fraction of sp³-hybridized carbons (Fsp3) is 0.450. The molecule has 0 bridgehead atoms. The van der Waals surface area contributed by atoms with Gasteiger partial charge in [0.25, 0.3) is 0 Å². The van der Waals surface area contributed by atoms with Crippen molar-refractivity contribution in [2.45, 2.75) is 53.9 Å². The highest BCUT2D eigenvalue weighted by atomic mass is 16.4. The van der Waals surface area contributed by atoms with E-state index < -0.39 is 5.97 Å². The zero-order valence-corrected chi connectivity index (χ0v) is 14.4. The maximum atomic E-state index is 10.6. The van der Waals surface area contributed by atoms with Crippen LogP contribution in [0.2, 0.25) is 0 Å². The molecule has 1 rings (SSSR count). The van der Waals surface area contributed by atoms with Crippen LogP contribution in [0.5, 0.6) is 0 Å². The van der Waals surface area contributed by atoms with E-state index in [9.17, 15) is 4.79 Å². The summed E-state index contributed by atoms with van der Waals surface area (Å²) in [7, 11) is 0. The normalized spacial score (nSPS) is 21.3. The molecular weight excluding hydrogens is 272 g/mol. The third kappa shape index (κ3) is 5.88. The Hall–Kier alpha value is -1.83. The molecule has 1 N–H and O–H groups in total. The predicted molar refractivity (Wildman–Crippen MR) is 93.8 cm³/mol. The Morgan fingerprint density at radius 2 is 1.95 bits per heavy atom. The third-order valence-corrected chi connectivity index (χ3v) is 4.03. The monoisotopic (exact) mass is 302 g/mol. The molecule has 1 aliphatic rings. The maximum Gasteiger partial charge on any atom is 0.328 e. The van der Waals surface area contributed by atoms with Crippen molar-refractivity contribution in [3.8, 4) is 0 Å². The van der Waals surface area contributed by atoms with Crippen LogP contribution in [0, 0.1) is 5.41 Å². The molecule has 1 aliphatic carbocycles. The molecular formula is C20H28O2. The molecule has 0 heterocycles. The summed E-state index contributed by atoms with van der Waals surface area (Å²) in [6.07, 6.45) is 12.2. The van der Waals surface area contributed by atoms with Gasteiger partial charge in [-0.05, 0) is 56.6 Å². The van der Waals surface area contributed by atoms with E-state index in [0.717, 1.165) is 18.1 Å². The number of carboxylic acid groups (broad SMARTS) is 1. The molecule has 0 atom stereocenters. The minimum Gasteiger partial charge on any atom is -0.478 e. The van der Waals surface area contributed by atoms with Gasteiger partial charge in [-0.3, -0.25) is 0 Å². The van der Waals surface area contributed by atoms with Crippen LogP contribution in [0.15, 0.2) is 58.7 Å². The van der Waals surface area contributed by atoms with Gasteiger partial charge in [-0.1, -0.05) is 55.3 Å². The molecule has 0 fully saturated rings. The number of carboxylic acids is 1. The molecule has 0 unspecified atom stereocenters. The molecule has 0 aromatic heterocycles. The van der Waals surface area contributed by atoms with Crippen LogP contribution < -0.4 is 0 Å². The van der Waals surface area contributed by atoms with E-state index in [-0.39, 0.29) is 5.41 Å². The summed E-state index contributed by atoms with van der Waals surface area (Å²) in [5.74, 6) is -0.992. The molecule has 120 valence electrons. The average molecular weight is 302 g/mol. The van der Waals surface area contributed by atoms with E-state index in [0.29, 0.717) is 11.6 Å². The Balaban J connectivity index is 2.92. The van der Waals surface area contributed by atoms with Crippen molar-refractivity contribution in [2.24, 2.45) is 5.41 Å². The fourth-order valence-electron chi connectivity index (χ4n) is 2.81. The van der Waals surface area contributed by atoms with Gasteiger partial charge in [0.1, 0.15) is 0 Å². The molecule has 0 spiro atoms. The Labute approximate surface area is 136 Å². The van der Waals surface area contributed by atoms with Gasteiger partial charge >= 0.3 is 5.97 Å². The summed E-state index contributed by atoms with van der Waals surface area (Å²) in [4.78, 5) is 10.6. The van der Waals surface area contributed by atoms with E-state index in [1.165, 1.54) is 24.0 Å². The zero-order chi connectivity index (χ0) is 17.6. The highest BCUT2D eigenvalue weighted by molar-refractivity contribution is 5.81. The third-order valence-electron chi connectivity index (χ3n) is 4.03. The van der Waals surface area contributed by atoms with Gasteiger partial charge in [0.2, 0.25) is 0 Å². The summed E-state index contributed by atoms with van der Waals surface area (Å²) in [5.41, 5.74) is 4.60. The topological polar surface area (TPSA) is 37.3 Å². The summed E-state index contributed by atoms with van der Waals surface area (Å²) < 4.78 is 7.92. The summed E-state index contributed by atoms with van der Waals surface area (Å²) in [6.45, 7) is 10.4. The second kappa shape index (κ2) is 7.98. The summed E-state index contributed by atoms with van der Waals surface area (Å²) in [6, 6.07) is 0.302. The Morgan fingerprint density at radius 1 is 1.27 bits per heavy atom. The highest BCUT2D eigenvalue weighted by Crippen LogP contribution is 2.40. The van der Waals surface area contributed by atoms with Crippen LogP contribution in [-0.2, 0) is 4.79 Å². The van der Waals surface area contributed by atoms with Crippen molar-refractivity contribution in [3.05, 3.63) is 58.7 Å². The quantitative estimate of drug-likeness (QED) is 0.530. The van der Waals surface area contributed by atoms with Gasteiger partial charge in [-0.25, -0.2) is 4.79 Å². The van der Waals surface area contributed by atoms with Gasteiger partial charge in [0, 0.05) is 6.08 Å². The molecule has 0 aromatic rings. The fourth-order valence-corrected chi connectivity index (χ4v) is 2.81. The van der Waals surface area contributed by atoms with E-state index in [4.69, 9.17) is 6.48 Å². The lowest BCUT2D eigenvalue weighted by atomic mass is 9.72. The van der Waals surface area contributed by atoms with Crippen molar-refractivity contribution in [1.82, 2.24) is 0 Å². The average Bonchev–Trinajstić information content (AvgIpc) is 2.35. The molecule has 0 amide bonds. The number of allylic oxidation sites excluding steroid dienone is 9. The number of hydrogen-bond acceptors (Lipinski definition) is 1. The Morgan fingerprint density at radius 3 is 2.55 bits per heavy atom. The number of rotatable bonds is 5. The first kappa shape index (κ1) is 16.5. The lowest BCUT2D eigenvalue weighted by Gasteiger charge is -2.32. The summed E-state index contributed by atoms with van der Waals surface area (Å²) in [5, 5.41) is 8.68. The van der Waals surface area contributed by atoms with Gasteiger partial charge in [0.05, 0.1) is 1.37 Å². The Kier molecular flexibility index (Phi) is 6.00. The van der Waals surface area contributed by atoms with E-state index in [1.54, 1.807) is 19.1 Å². The minimum atomic E-state index is -0.992. The van der Waals surface area contributed by atoms with E-state index in [2.05, 4.69) is 26.8 Å². The predicted octanol–water partition coefficient (Wildman–Crippen LogP) is 5.60. The van der Waals surface area contributed by atoms with Gasteiger partial charge < -0.3 is 5.11 Å². The minimum absolute atomic E-state index is 0.208. The van der Waals surface area contributed by atoms with Crippen molar-refractivity contribution < 1.29 is 11.3 Å². The smallest absolute Gasteiger partial charge is 0.328 e. The van der Waals surface area contributed by atoms with Crippen LogP contribution in [-0.4, -0.2) is 11.1 Å². The molecule has 0 saturated heterocycles. The first-order valence-electron chi connectivity index (χ1n) is 8.28. The SMILES string of the molecule is [3H]C(/C=C(C)\C=C\C1=C(C)CCCC1(C)C)=C\C(C)=C/C(=O)O. The number of aliphatic carboxylic acids is 1. The lowest BCUT2D eigenvalue weighted by Crippen LogP contribution is -2.19. The molecule has 0 radical (unpaired) electrons. The molecule has 0 aromatic carbocycles. The van der Waals surface area contributed by atoms with Gasteiger partial charge in [0.15, 0.2) is 0 Å². The van der Waals surface area contributed by atoms with Gasteiger partial charge in [-0.2, -0.15) is 0 Å². The Bertz CT molecular complexity index is 614. The van der Waals surface area contributed by atoms with Crippen LogP contribution in [0.4, 0.5) is 0 Å². The van der Waals surface area contributed by atoms with Crippen molar-refractivity contribution in [3.63, 3.8) is 0 Å². The lowest BCUT2D eigenvalue weighted by molar-refractivity contribution is -0.131. The van der Waals surface area contributed by atoms with Crippen molar-refractivity contribution >= 4 is 5.97 Å². The highest BCUT2D eigenvalue weighted by Gasteiger charge is 2.26. The maximum absolute atomic E-state index is 10.6. The molecule has 0 saturated carbocycles. The van der Waals surface area contributed by atoms with E-state index >= 15 is 0 Å². The van der Waals surface area contributed by atoms with Crippen LogP contribution in [0.1, 0.15) is 55.3 Å². The van der Waals surface area contributed by atoms with Crippen LogP contribution >= 0.6 is 0 Å². The molecule has 2 nitrogen and oxygen atoms in total. The number of hydrogen-bond donors (Lipinski definition) is 1. The van der Waals surface area contributed by atoms with Gasteiger partial charge in [-0.15, -0.1) is 0 Å². The van der Waals surface area contributed by atoms with Crippen LogP contribution in [0.3, 0.4) is 0 Å². The molecule has 22 heavy (non-hydrogen) atoms. The van der Waals surface area contributed by atoms with Crippen molar-refractivity contribution in [2.75, 3.05) is 0 Å². The van der Waals surface area contributed by atoms with E-state index in [1.807, 2.05) is 13.0 Å².